The summed E-state index contributed by atoms with van der Waals surface area (Å²) in [6, 6.07) is 0. The van der Waals surface area contributed by atoms with Gasteiger partial charge in [0, 0.05) is 6.61 Å². The Balaban J connectivity index is 2.99. The third-order valence-electron chi connectivity index (χ3n) is 0.555. The highest BCUT2D eigenvalue weighted by atomic mass is 16.7. The van der Waals surface area contributed by atoms with Crippen molar-refractivity contribution >= 4 is 5.97 Å². The van der Waals surface area contributed by atoms with Gasteiger partial charge in [-0.15, -0.1) is 0 Å². The Bertz CT molecular complexity index is 73.7. The molecule has 0 aliphatic carbocycles. The van der Waals surface area contributed by atoms with Gasteiger partial charge in [0.2, 0.25) is 0 Å². The first kappa shape index (κ1) is 7.39. The molecular formula is C4H9NO3. The molecule has 48 valence electrons. The van der Waals surface area contributed by atoms with E-state index in [-0.39, 0.29) is 6.61 Å². The largest absolute Gasteiger partial charge is 0.372 e. The molecule has 4 nitrogen and oxygen atoms in total. The second-order valence-corrected chi connectivity index (χ2v) is 1.13. The molecule has 0 aromatic carbocycles. The van der Waals surface area contributed by atoms with Crippen molar-refractivity contribution in [1.82, 2.24) is 0 Å². The SMILES string of the molecule is CCOCC(=O)ON. The van der Waals surface area contributed by atoms with E-state index in [9.17, 15) is 4.79 Å². The van der Waals surface area contributed by atoms with Crippen molar-refractivity contribution in [2.45, 2.75) is 6.92 Å². The number of carbonyl (C=O) groups is 1. The van der Waals surface area contributed by atoms with Crippen LogP contribution in [0.15, 0.2) is 0 Å². The van der Waals surface area contributed by atoms with Crippen LogP contribution in [0.4, 0.5) is 0 Å². The molecule has 4 heteroatoms. The summed E-state index contributed by atoms with van der Waals surface area (Å²) in [5.74, 6) is 3.93. The Morgan fingerprint density at radius 1 is 1.75 bits per heavy atom. The normalized spacial score (nSPS) is 8.75. The molecule has 0 aliphatic rings. The fourth-order valence-electron chi connectivity index (χ4n) is 0.219. The van der Waals surface area contributed by atoms with Crippen LogP contribution in [0.3, 0.4) is 0 Å². The van der Waals surface area contributed by atoms with Gasteiger partial charge in [-0.3, -0.25) is 0 Å². The minimum Gasteiger partial charge on any atom is -0.372 e. The van der Waals surface area contributed by atoms with E-state index in [2.05, 4.69) is 15.5 Å². The van der Waals surface area contributed by atoms with Crippen molar-refractivity contribution in [2.24, 2.45) is 5.90 Å². The Hall–Kier alpha value is -0.610. The second kappa shape index (κ2) is 4.55. The Kier molecular flexibility index (Phi) is 4.20. The summed E-state index contributed by atoms with van der Waals surface area (Å²) in [7, 11) is 0. The fraction of sp³-hybridized carbons (Fsp3) is 0.750. The van der Waals surface area contributed by atoms with Gasteiger partial charge in [0.15, 0.2) is 0 Å². The predicted octanol–water partition coefficient (Wildman–Crippen LogP) is -0.560. The number of hydrogen-bond donors (Lipinski definition) is 1. The lowest BCUT2D eigenvalue weighted by Crippen LogP contribution is -2.15. The van der Waals surface area contributed by atoms with Crippen LogP contribution in [0.5, 0.6) is 0 Å². The van der Waals surface area contributed by atoms with Gasteiger partial charge in [0.25, 0.3) is 0 Å². The molecule has 0 spiro atoms. The molecule has 0 unspecified atom stereocenters. The van der Waals surface area contributed by atoms with E-state index in [1.165, 1.54) is 0 Å². The van der Waals surface area contributed by atoms with Crippen LogP contribution >= 0.6 is 0 Å². The average molecular weight is 119 g/mol. The van der Waals surface area contributed by atoms with Crippen LogP contribution in [0.25, 0.3) is 0 Å². The third-order valence-corrected chi connectivity index (χ3v) is 0.555. The monoisotopic (exact) mass is 119 g/mol. The number of hydrogen-bond acceptors (Lipinski definition) is 4. The van der Waals surface area contributed by atoms with E-state index in [1.807, 2.05) is 0 Å². The van der Waals surface area contributed by atoms with Crippen molar-refractivity contribution in [1.29, 1.82) is 0 Å². The van der Waals surface area contributed by atoms with Gasteiger partial charge in [-0.25, -0.2) is 4.79 Å². The van der Waals surface area contributed by atoms with Gasteiger partial charge in [-0.1, -0.05) is 0 Å². The highest BCUT2D eigenvalue weighted by Crippen LogP contribution is 1.73. The Labute approximate surface area is 47.5 Å². The average Bonchev–Trinajstić information content (AvgIpc) is 1.83. The zero-order valence-corrected chi connectivity index (χ0v) is 4.72. The van der Waals surface area contributed by atoms with Crippen molar-refractivity contribution in [2.75, 3.05) is 13.2 Å². The van der Waals surface area contributed by atoms with E-state index in [0.29, 0.717) is 6.61 Å². The van der Waals surface area contributed by atoms with Crippen molar-refractivity contribution < 1.29 is 14.4 Å². The van der Waals surface area contributed by atoms with E-state index in [4.69, 9.17) is 0 Å². The predicted molar refractivity (Wildman–Crippen MR) is 26.8 cm³/mol. The Morgan fingerprint density at radius 3 is 2.75 bits per heavy atom. The molecule has 0 fully saturated rings. The topological polar surface area (TPSA) is 61.5 Å². The lowest BCUT2D eigenvalue weighted by atomic mass is 10.7. The molecule has 0 aliphatic heterocycles. The molecule has 2 N–H and O–H groups in total. The lowest BCUT2D eigenvalue weighted by molar-refractivity contribution is -0.149. The summed E-state index contributed by atoms with van der Waals surface area (Å²) in [4.78, 5) is 13.9. The summed E-state index contributed by atoms with van der Waals surface area (Å²) in [6.07, 6.45) is 0. The first-order chi connectivity index (χ1) is 3.81. The Morgan fingerprint density at radius 2 is 2.38 bits per heavy atom. The summed E-state index contributed by atoms with van der Waals surface area (Å²) >= 11 is 0. The molecule has 0 aromatic rings. The maximum atomic E-state index is 10.1. The summed E-state index contributed by atoms with van der Waals surface area (Å²) in [6.45, 7) is 2.21. The van der Waals surface area contributed by atoms with E-state index >= 15 is 0 Å². The first-order valence-corrected chi connectivity index (χ1v) is 2.28. The van der Waals surface area contributed by atoms with Crippen LogP contribution in [0.1, 0.15) is 6.92 Å². The summed E-state index contributed by atoms with van der Waals surface area (Å²) in [5.41, 5.74) is 0. The van der Waals surface area contributed by atoms with Crippen molar-refractivity contribution in [3.63, 3.8) is 0 Å². The summed E-state index contributed by atoms with van der Waals surface area (Å²) in [5, 5.41) is 0. The fourth-order valence-corrected chi connectivity index (χ4v) is 0.219. The summed E-state index contributed by atoms with van der Waals surface area (Å²) < 4.78 is 4.63. The van der Waals surface area contributed by atoms with Crippen LogP contribution in [-0.4, -0.2) is 19.2 Å². The zero-order chi connectivity index (χ0) is 6.41. The maximum absolute atomic E-state index is 10.1. The smallest absolute Gasteiger partial charge is 0.350 e. The van der Waals surface area contributed by atoms with E-state index in [0.717, 1.165) is 0 Å². The molecule has 0 aromatic heterocycles. The molecule has 0 amide bonds. The molecule has 0 saturated carbocycles. The third kappa shape index (κ3) is 3.58. The highest BCUT2D eigenvalue weighted by Gasteiger charge is 1.96. The van der Waals surface area contributed by atoms with Gasteiger partial charge in [0.1, 0.15) is 6.61 Å². The molecule has 0 bridgehead atoms. The molecular weight excluding hydrogens is 110 g/mol. The first-order valence-electron chi connectivity index (χ1n) is 2.28. The van der Waals surface area contributed by atoms with E-state index < -0.39 is 5.97 Å². The maximum Gasteiger partial charge on any atom is 0.350 e. The van der Waals surface area contributed by atoms with Gasteiger partial charge in [-0.05, 0) is 6.92 Å². The van der Waals surface area contributed by atoms with Gasteiger partial charge in [0.05, 0.1) is 0 Å². The van der Waals surface area contributed by atoms with Gasteiger partial charge < -0.3 is 9.57 Å². The standard InChI is InChI=1S/C4H9NO3/c1-2-7-3-4(6)8-5/h2-3,5H2,1H3. The van der Waals surface area contributed by atoms with Gasteiger partial charge in [-0.2, -0.15) is 5.90 Å². The number of carbonyl (C=O) groups excluding carboxylic acids is 1. The van der Waals surface area contributed by atoms with Crippen molar-refractivity contribution in [3.8, 4) is 0 Å². The minimum atomic E-state index is -0.549. The quantitative estimate of drug-likeness (QED) is 0.506. The number of ether oxygens (including phenoxy) is 1. The number of rotatable bonds is 3. The lowest BCUT2D eigenvalue weighted by Gasteiger charge is -1.95. The number of nitrogens with two attached hydrogens (primary N) is 1. The molecule has 0 saturated heterocycles. The van der Waals surface area contributed by atoms with E-state index in [1.54, 1.807) is 6.92 Å². The molecule has 0 radical (unpaired) electrons. The second-order valence-electron chi connectivity index (χ2n) is 1.13. The van der Waals surface area contributed by atoms with Crippen LogP contribution < -0.4 is 5.90 Å². The van der Waals surface area contributed by atoms with Crippen LogP contribution in [0.2, 0.25) is 0 Å². The van der Waals surface area contributed by atoms with Crippen LogP contribution in [0, 0.1) is 0 Å². The molecule has 0 rings (SSSR count). The van der Waals surface area contributed by atoms with Gasteiger partial charge >= 0.3 is 5.97 Å². The van der Waals surface area contributed by atoms with Crippen molar-refractivity contribution in [3.05, 3.63) is 0 Å². The van der Waals surface area contributed by atoms with Crippen LogP contribution in [-0.2, 0) is 14.4 Å². The molecule has 0 heterocycles. The zero-order valence-electron chi connectivity index (χ0n) is 4.72. The molecule has 0 atom stereocenters. The highest BCUT2D eigenvalue weighted by molar-refractivity contribution is 5.70. The minimum absolute atomic E-state index is 0.0625. The molecule has 8 heavy (non-hydrogen) atoms.